The number of hydrogen-bond acceptors (Lipinski definition) is 3. The summed E-state index contributed by atoms with van der Waals surface area (Å²) >= 11 is 6.65. The van der Waals surface area contributed by atoms with Gasteiger partial charge < -0.3 is 20.9 Å². The van der Waals surface area contributed by atoms with E-state index in [1.807, 2.05) is 35.2 Å². The second kappa shape index (κ2) is 7.43. The van der Waals surface area contributed by atoms with Crippen LogP contribution in [0.5, 0.6) is 0 Å². The predicted molar refractivity (Wildman–Crippen MR) is 107 cm³/mol. The monoisotopic (exact) mass is 390 g/mol. The number of nitrogens with zero attached hydrogens (tertiary/aromatic N) is 2. The van der Waals surface area contributed by atoms with Crippen molar-refractivity contribution in [2.45, 2.75) is 26.8 Å². The quantitative estimate of drug-likeness (QED) is 0.778. The fraction of sp³-hybridized carbons (Fsp3) is 0.500. The second-order valence-corrected chi connectivity index (χ2v) is 8.73. The minimum Gasteiger partial charge on any atom is -0.369 e. The molecule has 2 atom stereocenters. The molecule has 2 unspecified atom stereocenters. The summed E-state index contributed by atoms with van der Waals surface area (Å²) in [4.78, 5) is 28.6. The highest BCUT2D eigenvalue weighted by Crippen LogP contribution is 2.43. The molecule has 0 saturated carbocycles. The van der Waals surface area contributed by atoms with Crippen molar-refractivity contribution in [1.29, 1.82) is 0 Å². The zero-order valence-corrected chi connectivity index (χ0v) is 16.8. The van der Waals surface area contributed by atoms with Crippen LogP contribution in [0.2, 0.25) is 0 Å². The van der Waals surface area contributed by atoms with Gasteiger partial charge in [0.25, 0.3) is 0 Å². The Morgan fingerprint density at radius 2 is 1.89 bits per heavy atom. The lowest BCUT2D eigenvalue weighted by atomic mass is 9.88. The molecular weight excluding hydrogens is 364 g/mol. The van der Waals surface area contributed by atoms with Crippen LogP contribution >= 0.6 is 11.6 Å². The van der Waals surface area contributed by atoms with Gasteiger partial charge in [0.05, 0.1) is 12.0 Å². The SMILES string of the molecule is CC(C)(C)CNC(=O)N1CCN2C(Cl)=C(c3ccccc3)C(C(N)=O)C2C1. The number of primary amides is 1. The first-order valence-electron chi connectivity index (χ1n) is 9.23. The van der Waals surface area contributed by atoms with Crippen LogP contribution in [-0.4, -0.2) is 54.0 Å². The Labute approximate surface area is 165 Å². The summed E-state index contributed by atoms with van der Waals surface area (Å²) in [6, 6.07) is 9.25. The van der Waals surface area contributed by atoms with Crippen molar-refractivity contribution in [3.8, 4) is 0 Å². The molecule has 2 aliphatic heterocycles. The molecule has 27 heavy (non-hydrogen) atoms. The predicted octanol–water partition coefficient (Wildman–Crippen LogP) is 2.45. The van der Waals surface area contributed by atoms with Crippen molar-refractivity contribution in [2.75, 3.05) is 26.2 Å². The van der Waals surface area contributed by atoms with Crippen LogP contribution in [0.3, 0.4) is 0 Å². The number of rotatable bonds is 3. The van der Waals surface area contributed by atoms with Crippen molar-refractivity contribution in [2.24, 2.45) is 17.1 Å². The molecule has 0 bridgehead atoms. The largest absolute Gasteiger partial charge is 0.369 e. The number of benzene rings is 1. The normalized spacial score (nSPS) is 22.7. The van der Waals surface area contributed by atoms with E-state index < -0.39 is 11.8 Å². The van der Waals surface area contributed by atoms with Gasteiger partial charge in [0, 0.05) is 31.8 Å². The van der Waals surface area contributed by atoms with Gasteiger partial charge in [-0.15, -0.1) is 0 Å². The number of nitrogens with two attached hydrogens (primary N) is 1. The van der Waals surface area contributed by atoms with Crippen LogP contribution < -0.4 is 11.1 Å². The molecule has 1 aromatic carbocycles. The standard InChI is InChI=1S/C20H27ClN4O2/c1-20(2,3)12-23-19(27)24-9-10-25-14(11-24)16(18(22)26)15(17(25)21)13-7-5-4-6-8-13/h4-8,14,16H,9-12H2,1-3H3,(H2,22,26)(H,23,27). The van der Waals surface area contributed by atoms with E-state index in [2.05, 4.69) is 26.1 Å². The molecular formula is C20H27ClN4O2. The lowest BCUT2D eigenvalue weighted by Gasteiger charge is -2.40. The van der Waals surface area contributed by atoms with Crippen LogP contribution in [0, 0.1) is 11.3 Å². The minimum absolute atomic E-state index is 0.00590. The summed E-state index contributed by atoms with van der Waals surface area (Å²) in [6.07, 6.45) is 0. The van der Waals surface area contributed by atoms with E-state index in [1.165, 1.54) is 0 Å². The average molecular weight is 391 g/mol. The van der Waals surface area contributed by atoms with E-state index in [0.717, 1.165) is 11.1 Å². The van der Waals surface area contributed by atoms with E-state index in [1.54, 1.807) is 4.90 Å². The lowest BCUT2D eigenvalue weighted by molar-refractivity contribution is -0.121. The molecule has 146 valence electrons. The molecule has 2 aliphatic rings. The van der Waals surface area contributed by atoms with Gasteiger partial charge in [0.15, 0.2) is 0 Å². The van der Waals surface area contributed by atoms with E-state index in [9.17, 15) is 9.59 Å². The number of hydrogen-bond donors (Lipinski definition) is 2. The number of urea groups is 1. The number of nitrogens with one attached hydrogen (secondary N) is 1. The molecule has 7 heteroatoms. The Morgan fingerprint density at radius 1 is 1.22 bits per heavy atom. The third kappa shape index (κ3) is 4.05. The van der Waals surface area contributed by atoms with Crippen LogP contribution in [0.4, 0.5) is 4.79 Å². The molecule has 0 spiro atoms. The molecule has 3 rings (SSSR count). The van der Waals surface area contributed by atoms with Gasteiger partial charge >= 0.3 is 6.03 Å². The van der Waals surface area contributed by atoms with E-state index >= 15 is 0 Å². The molecule has 1 fully saturated rings. The van der Waals surface area contributed by atoms with Crippen LogP contribution in [-0.2, 0) is 4.79 Å². The summed E-state index contributed by atoms with van der Waals surface area (Å²) < 4.78 is 0. The fourth-order valence-corrected chi connectivity index (χ4v) is 4.14. The van der Waals surface area contributed by atoms with Crippen LogP contribution in [0.25, 0.3) is 5.57 Å². The number of carbonyl (C=O) groups excluding carboxylic acids is 2. The molecule has 2 heterocycles. The van der Waals surface area contributed by atoms with Gasteiger partial charge in [-0.3, -0.25) is 4.79 Å². The van der Waals surface area contributed by atoms with Gasteiger partial charge in [-0.2, -0.15) is 0 Å². The first-order chi connectivity index (χ1) is 12.7. The summed E-state index contributed by atoms with van der Waals surface area (Å²) in [5.41, 5.74) is 7.41. The van der Waals surface area contributed by atoms with Crippen LogP contribution in [0.15, 0.2) is 35.5 Å². The average Bonchev–Trinajstić information content (AvgIpc) is 2.92. The molecule has 1 aromatic rings. The van der Waals surface area contributed by atoms with Gasteiger partial charge in [0.1, 0.15) is 5.16 Å². The number of halogens is 1. The third-order valence-electron chi connectivity index (χ3n) is 5.04. The topological polar surface area (TPSA) is 78.7 Å². The molecule has 0 aliphatic carbocycles. The number of amides is 3. The Balaban J connectivity index is 1.81. The fourth-order valence-electron chi connectivity index (χ4n) is 3.70. The molecule has 1 saturated heterocycles. The highest BCUT2D eigenvalue weighted by molar-refractivity contribution is 6.33. The summed E-state index contributed by atoms with van der Waals surface area (Å²) in [5.74, 6) is -0.963. The van der Waals surface area contributed by atoms with Gasteiger partial charge in [-0.25, -0.2) is 4.79 Å². The molecule has 0 radical (unpaired) electrons. The van der Waals surface area contributed by atoms with Crippen molar-refractivity contribution < 1.29 is 9.59 Å². The Morgan fingerprint density at radius 3 is 2.48 bits per heavy atom. The molecule has 3 amide bonds. The molecule has 6 nitrogen and oxygen atoms in total. The van der Waals surface area contributed by atoms with Crippen molar-refractivity contribution >= 4 is 29.1 Å². The van der Waals surface area contributed by atoms with E-state index in [-0.39, 0.29) is 17.5 Å². The van der Waals surface area contributed by atoms with Crippen LogP contribution in [0.1, 0.15) is 26.3 Å². The first-order valence-corrected chi connectivity index (χ1v) is 9.60. The highest BCUT2D eigenvalue weighted by atomic mass is 35.5. The Bertz CT molecular complexity index is 757. The number of carbonyl (C=O) groups is 2. The smallest absolute Gasteiger partial charge is 0.317 e. The van der Waals surface area contributed by atoms with Gasteiger partial charge in [-0.05, 0) is 11.0 Å². The highest BCUT2D eigenvalue weighted by Gasteiger charge is 2.46. The van der Waals surface area contributed by atoms with Gasteiger partial charge in [-0.1, -0.05) is 62.7 Å². The molecule has 0 aromatic heterocycles. The van der Waals surface area contributed by atoms with Crippen molar-refractivity contribution in [1.82, 2.24) is 15.1 Å². The van der Waals surface area contributed by atoms with Crippen molar-refractivity contribution in [3.63, 3.8) is 0 Å². The molecule has 3 N–H and O–H groups in total. The maximum absolute atomic E-state index is 12.6. The third-order valence-corrected chi connectivity index (χ3v) is 5.46. The zero-order chi connectivity index (χ0) is 19.8. The minimum atomic E-state index is -0.543. The summed E-state index contributed by atoms with van der Waals surface area (Å²) in [7, 11) is 0. The summed E-state index contributed by atoms with van der Waals surface area (Å²) in [6.45, 7) is 8.34. The van der Waals surface area contributed by atoms with E-state index in [4.69, 9.17) is 17.3 Å². The Kier molecular flexibility index (Phi) is 5.38. The van der Waals surface area contributed by atoms with E-state index in [0.29, 0.717) is 31.3 Å². The second-order valence-electron chi connectivity index (χ2n) is 8.38. The Hall–Kier alpha value is -2.21. The van der Waals surface area contributed by atoms with Crippen molar-refractivity contribution in [3.05, 3.63) is 41.1 Å². The number of piperazine rings is 1. The maximum Gasteiger partial charge on any atom is 0.317 e. The maximum atomic E-state index is 12.6. The zero-order valence-electron chi connectivity index (χ0n) is 16.0. The first kappa shape index (κ1) is 19.5. The number of fused-ring (bicyclic) bond motifs is 1. The van der Waals surface area contributed by atoms with Gasteiger partial charge in [0.2, 0.25) is 5.91 Å². The summed E-state index contributed by atoms with van der Waals surface area (Å²) in [5, 5.41) is 3.54. The lowest BCUT2D eigenvalue weighted by Crippen LogP contribution is -2.57.